The van der Waals surface area contributed by atoms with Crippen LogP contribution >= 0.6 is 0 Å². The highest BCUT2D eigenvalue weighted by atomic mass is 16.5. The summed E-state index contributed by atoms with van der Waals surface area (Å²) in [6, 6.07) is 10.5. The maximum Gasteiger partial charge on any atom is 0.338 e. The Hall–Kier alpha value is -3.49. The molecule has 1 aliphatic heterocycles. The Morgan fingerprint density at radius 3 is 2.56 bits per heavy atom. The Kier molecular flexibility index (Phi) is 6.63. The van der Waals surface area contributed by atoms with E-state index < -0.39 is 0 Å². The Labute approximate surface area is 186 Å². The van der Waals surface area contributed by atoms with Crippen LogP contribution < -0.4 is 10.2 Å². The molecule has 1 aromatic carbocycles. The molecular formula is C23H28N6O3. The number of amides is 1. The molecule has 1 saturated heterocycles. The summed E-state index contributed by atoms with van der Waals surface area (Å²) in [6.07, 6.45) is 2.99. The van der Waals surface area contributed by atoms with E-state index in [1.54, 1.807) is 35.7 Å². The van der Waals surface area contributed by atoms with E-state index in [1.807, 2.05) is 12.1 Å². The minimum Gasteiger partial charge on any atom is -0.462 e. The second-order valence-electron chi connectivity index (χ2n) is 8.09. The van der Waals surface area contributed by atoms with Crippen LogP contribution in [0.2, 0.25) is 0 Å². The number of carbonyl (C=O) groups is 2. The number of nitrogens with one attached hydrogen (secondary N) is 1. The lowest BCUT2D eigenvalue weighted by atomic mass is 9.99. The van der Waals surface area contributed by atoms with Crippen molar-refractivity contribution in [1.29, 1.82) is 0 Å². The quantitative estimate of drug-likeness (QED) is 0.568. The van der Waals surface area contributed by atoms with Gasteiger partial charge in [-0.3, -0.25) is 4.79 Å². The van der Waals surface area contributed by atoms with Crippen molar-refractivity contribution in [3.8, 4) is 0 Å². The van der Waals surface area contributed by atoms with E-state index in [0.717, 1.165) is 37.7 Å². The van der Waals surface area contributed by atoms with E-state index in [2.05, 4.69) is 27.3 Å². The van der Waals surface area contributed by atoms with Crippen LogP contribution in [0.4, 0.5) is 11.5 Å². The molecule has 3 aromatic rings. The summed E-state index contributed by atoms with van der Waals surface area (Å²) >= 11 is 0. The van der Waals surface area contributed by atoms with Gasteiger partial charge in [-0.2, -0.15) is 4.52 Å². The Bertz CT molecular complexity index is 1090. The lowest BCUT2D eigenvalue weighted by molar-refractivity contribution is -0.116. The molecule has 1 fully saturated rings. The number of benzene rings is 1. The fraction of sp³-hybridized carbons (Fsp3) is 0.435. The second-order valence-corrected chi connectivity index (χ2v) is 8.09. The molecule has 2 aromatic heterocycles. The normalized spacial score (nSPS) is 14.5. The van der Waals surface area contributed by atoms with E-state index in [9.17, 15) is 9.59 Å². The number of carbonyl (C=O) groups excluding carboxylic acids is 2. The van der Waals surface area contributed by atoms with Crippen molar-refractivity contribution in [3.63, 3.8) is 0 Å². The molecule has 1 N–H and O–H groups in total. The molecule has 0 radical (unpaired) electrons. The number of ether oxygens (including phenoxy) is 1. The summed E-state index contributed by atoms with van der Waals surface area (Å²) in [4.78, 5) is 26.4. The van der Waals surface area contributed by atoms with Gasteiger partial charge in [0.1, 0.15) is 5.82 Å². The first-order valence-corrected chi connectivity index (χ1v) is 11.1. The van der Waals surface area contributed by atoms with E-state index in [4.69, 9.17) is 9.84 Å². The number of hydrogen-bond donors (Lipinski definition) is 1. The standard InChI is InChI=1S/C23H28N6O3/c1-3-32-23(31)17-4-6-18(7-5-17)24-22(30)11-10-20-26-25-19-8-9-21(27-29(19)20)28-14-12-16(2)13-15-28/h4-9,16H,3,10-15H2,1-2H3,(H,24,30). The predicted octanol–water partition coefficient (Wildman–Crippen LogP) is 3.11. The monoisotopic (exact) mass is 436 g/mol. The van der Waals surface area contributed by atoms with E-state index in [-0.39, 0.29) is 18.3 Å². The molecule has 32 heavy (non-hydrogen) atoms. The van der Waals surface area contributed by atoms with Crippen LogP contribution in [0.1, 0.15) is 49.3 Å². The first kappa shape index (κ1) is 21.7. The van der Waals surface area contributed by atoms with Crippen LogP contribution in [0.3, 0.4) is 0 Å². The number of aromatic nitrogens is 4. The van der Waals surface area contributed by atoms with Crippen LogP contribution in [0.5, 0.6) is 0 Å². The second kappa shape index (κ2) is 9.76. The van der Waals surface area contributed by atoms with Gasteiger partial charge in [0.2, 0.25) is 5.91 Å². The number of esters is 1. The van der Waals surface area contributed by atoms with E-state index >= 15 is 0 Å². The lowest BCUT2D eigenvalue weighted by Gasteiger charge is -2.30. The number of piperidine rings is 1. The van der Waals surface area contributed by atoms with Gasteiger partial charge < -0.3 is 15.0 Å². The topological polar surface area (TPSA) is 102 Å². The number of anilines is 2. The van der Waals surface area contributed by atoms with Crippen molar-refractivity contribution in [1.82, 2.24) is 19.8 Å². The zero-order valence-electron chi connectivity index (χ0n) is 18.5. The van der Waals surface area contributed by atoms with Crippen LogP contribution in [-0.2, 0) is 16.0 Å². The highest BCUT2D eigenvalue weighted by Crippen LogP contribution is 2.21. The Morgan fingerprint density at radius 2 is 1.84 bits per heavy atom. The lowest BCUT2D eigenvalue weighted by Crippen LogP contribution is -2.33. The van der Waals surface area contributed by atoms with E-state index in [1.165, 1.54) is 0 Å². The van der Waals surface area contributed by atoms with Crippen molar-refractivity contribution in [2.75, 3.05) is 29.9 Å². The van der Waals surface area contributed by atoms with Gasteiger partial charge >= 0.3 is 5.97 Å². The van der Waals surface area contributed by atoms with Crippen molar-refractivity contribution in [2.24, 2.45) is 5.92 Å². The third kappa shape index (κ3) is 5.04. The molecule has 0 spiro atoms. The summed E-state index contributed by atoms with van der Waals surface area (Å²) in [5.41, 5.74) is 1.74. The molecule has 9 nitrogen and oxygen atoms in total. The average Bonchev–Trinajstić information content (AvgIpc) is 3.21. The third-order valence-electron chi connectivity index (χ3n) is 5.68. The first-order valence-electron chi connectivity index (χ1n) is 11.1. The van der Waals surface area contributed by atoms with Gasteiger partial charge in [-0.1, -0.05) is 6.92 Å². The highest BCUT2D eigenvalue weighted by Gasteiger charge is 2.18. The summed E-state index contributed by atoms with van der Waals surface area (Å²) in [5, 5.41) is 16.0. The average molecular weight is 437 g/mol. The molecule has 1 aliphatic rings. The predicted molar refractivity (Wildman–Crippen MR) is 121 cm³/mol. The molecule has 0 unspecified atom stereocenters. The van der Waals surface area contributed by atoms with Gasteiger partial charge in [-0.25, -0.2) is 4.79 Å². The molecule has 0 atom stereocenters. The number of nitrogens with zero attached hydrogens (tertiary/aromatic N) is 5. The summed E-state index contributed by atoms with van der Waals surface area (Å²) in [5.74, 6) is 1.79. The molecular weight excluding hydrogens is 408 g/mol. The minimum atomic E-state index is -0.380. The number of fused-ring (bicyclic) bond motifs is 1. The SMILES string of the molecule is CCOC(=O)c1ccc(NC(=O)CCc2nnc3ccc(N4CCC(C)CC4)nn23)cc1. The summed E-state index contributed by atoms with van der Waals surface area (Å²) < 4.78 is 6.70. The maximum atomic E-state index is 12.4. The van der Waals surface area contributed by atoms with Crippen molar-refractivity contribution in [2.45, 2.75) is 39.5 Å². The van der Waals surface area contributed by atoms with Crippen LogP contribution in [0.15, 0.2) is 36.4 Å². The Balaban J connectivity index is 1.36. The minimum absolute atomic E-state index is 0.146. The van der Waals surface area contributed by atoms with Crippen LogP contribution in [0, 0.1) is 5.92 Å². The van der Waals surface area contributed by atoms with Gasteiger partial charge in [0.05, 0.1) is 12.2 Å². The number of rotatable bonds is 7. The van der Waals surface area contributed by atoms with Gasteiger partial charge in [-0.05, 0) is 62.1 Å². The van der Waals surface area contributed by atoms with Crippen molar-refractivity contribution >= 4 is 29.0 Å². The van der Waals surface area contributed by atoms with Crippen molar-refractivity contribution < 1.29 is 14.3 Å². The zero-order valence-corrected chi connectivity index (χ0v) is 18.5. The molecule has 0 aliphatic carbocycles. The largest absolute Gasteiger partial charge is 0.462 e. The van der Waals surface area contributed by atoms with Gasteiger partial charge in [0.15, 0.2) is 11.5 Å². The number of aryl methyl sites for hydroxylation is 1. The zero-order chi connectivity index (χ0) is 22.5. The first-order chi connectivity index (χ1) is 15.5. The van der Waals surface area contributed by atoms with Gasteiger partial charge in [0.25, 0.3) is 0 Å². The maximum absolute atomic E-state index is 12.4. The molecule has 9 heteroatoms. The molecule has 3 heterocycles. The van der Waals surface area contributed by atoms with Gasteiger partial charge in [0, 0.05) is 31.6 Å². The highest BCUT2D eigenvalue weighted by molar-refractivity contribution is 5.93. The fourth-order valence-electron chi connectivity index (χ4n) is 3.74. The molecule has 0 bridgehead atoms. The smallest absolute Gasteiger partial charge is 0.338 e. The number of hydrogen-bond acceptors (Lipinski definition) is 7. The van der Waals surface area contributed by atoms with Crippen molar-refractivity contribution in [3.05, 3.63) is 47.8 Å². The molecule has 4 rings (SSSR count). The molecule has 1 amide bonds. The van der Waals surface area contributed by atoms with Crippen LogP contribution in [0.25, 0.3) is 5.65 Å². The molecule has 168 valence electrons. The molecule has 0 saturated carbocycles. The summed E-state index contributed by atoms with van der Waals surface area (Å²) in [6.45, 7) is 6.35. The van der Waals surface area contributed by atoms with E-state index in [0.29, 0.717) is 35.8 Å². The van der Waals surface area contributed by atoms with Crippen LogP contribution in [-0.4, -0.2) is 51.4 Å². The Morgan fingerprint density at radius 1 is 1.09 bits per heavy atom. The van der Waals surface area contributed by atoms with Gasteiger partial charge in [-0.15, -0.1) is 15.3 Å². The third-order valence-corrected chi connectivity index (χ3v) is 5.68. The summed E-state index contributed by atoms with van der Waals surface area (Å²) in [7, 11) is 0. The fourth-order valence-corrected chi connectivity index (χ4v) is 3.74.